The third-order valence-corrected chi connectivity index (χ3v) is 7.89. The highest BCUT2D eigenvalue weighted by molar-refractivity contribution is 6.31. The maximum atomic E-state index is 11.3. The molecule has 220 valence electrons. The van der Waals surface area contributed by atoms with E-state index in [9.17, 15) is 9.90 Å². The Morgan fingerprint density at radius 3 is 2.11 bits per heavy atom. The van der Waals surface area contributed by atoms with Crippen molar-refractivity contribution in [3.05, 3.63) is 166 Å². The molecule has 0 aliphatic rings. The van der Waals surface area contributed by atoms with Gasteiger partial charge in [0.25, 0.3) is 0 Å². The summed E-state index contributed by atoms with van der Waals surface area (Å²) in [7, 11) is 0. The van der Waals surface area contributed by atoms with Crippen LogP contribution in [0.1, 0.15) is 44.3 Å². The van der Waals surface area contributed by atoms with Crippen LogP contribution in [-0.2, 0) is 24.4 Å². The number of carboxylic acids is 1. The molecule has 0 bridgehead atoms. The molecular formula is C37H31ClN2O4. The Labute approximate surface area is 261 Å². The van der Waals surface area contributed by atoms with Gasteiger partial charge in [-0.25, -0.2) is 4.79 Å². The average Bonchev–Trinajstić information content (AvgIpc) is 3.34. The van der Waals surface area contributed by atoms with Gasteiger partial charge in [-0.05, 0) is 76.9 Å². The Morgan fingerprint density at radius 1 is 0.818 bits per heavy atom. The van der Waals surface area contributed by atoms with Gasteiger partial charge in [-0.2, -0.15) is 0 Å². The number of ether oxygens (including phenoxy) is 2. The number of fused-ring (bicyclic) bond motifs is 1. The number of hydrogen-bond donors (Lipinski definition) is 1. The molecule has 0 spiro atoms. The zero-order valence-corrected chi connectivity index (χ0v) is 24.7. The summed E-state index contributed by atoms with van der Waals surface area (Å²) in [6.45, 7) is 1.20. The summed E-state index contributed by atoms with van der Waals surface area (Å²) >= 11 is 6.59. The molecule has 0 aliphatic heterocycles. The van der Waals surface area contributed by atoms with Crippen molar-refractivity contribution in [2.45, 2.75) is 25.7 Å². The molecule has 0 fully saturated rings. The van der Waals surface area contributed by atoms with Crippen molar-refractivity contribution < 1.29 is 19.4 Å². The van der Waals surface area contributed by atoms with Crippen LogP contribution in [0.2, 0.25) is 5.02 Å². The van der Waals surface area contributed by atoms with Crippen LogP contribution in [0.15, 0.2) is 128 Å². The lowest BCUT2D eigenvalue weighted by Gasteiger charge is -2.25. The molecule has 0 amide bonds. The number of benzene rings is 4. The monoisotopic (exact) mass is 602 g/mol. The second-order valence-corrected chi connectivity index (χ2v) is 10.9. The summed E-state index contributed by atoms with van der Waals surface area (Å²) in [5.41, 5.74) is 6.76. The van der Waals surface area contributed by atoms with Crippen molar-refractivity contribution >= 4 is 28.5 Å². The Morgan fingerprint density at radius 2 is 1.48 bits per heavy atom. The van der Waals surface area contributed by atoms with Gasteiger partial charge in [-0.3, -0.25) is 4.98 Å². The van der Waals surface area contributed by atoms with Crippen LogP contribution in [0, 0.1) is 0 Å². The minimum Gasteiger partial charge on any atom is -0.493 e. The first kappa shape index (κ1) is 29.2. The molecule has 4 aromatic carbocycles. The third kappa shape index (κ3) is 6.52. The van der Waals surface area contributed by atoms with Crippen molar-refractivity contribution in [1.82, 2.24) is 9.55 Å². The largest absolute Gasteiger partial charge is 0.493 e. The fraction of sp³-hybridized carbons (Fsp3) is 0.135. The second-order valence-electron chi connectivity index (χ2n) is 10.5. The topological polar surface area (TPSA) is 73.6 Å². The van der Waals surface area contributed by atoms with E-state index >= 15 is 0 Å². The van der Waals surface area contributed by atoms with E-state index in [1.54, 1.807) is 36.7 Å². The van der Waals surface area contributed by atoms with Gasteiger partial charge < -0.3 is 19.1 Å². The van der Waals surface area contributed by atoms with Crippen LogP contribution in [0.5, 0.6) is 5.75 Å². The van der Waals surface area contributed by atoms with Crippen molar-refractivity contribution in [3.63, 3.8) is 0 Å². The minimum atomic E-state index is -0.968. The maximum Gasteiger partial charge on any atom is 0.335 e. The molecule has 2 heterocycles. The molecule has 2 aromatic heterocycles. The number of hydrogen-bond acceptors (Lipinski definition) is 4. The average molecular weight is 603 g/mol. The first-order valence-electron chi connectivity index (χ1n) is 14.4. The second kappa shape index (κ2) is 13.6. The summed E-state index contributed by atoms with van der Waals surface area (Å²) in [6.07, 6.45) is 4.13. The SMILES string of the molecule is O=C(O)c1ccc(OCCc2c(COCc3ccncc3)n(C(c3ccccc3)c3ccccc3)c3ccc(Cl)cc23)cc1. The molecule has 0 unspecified atom stereocenters. The predicted molar refractivity (Wildman–Crippen MR) is 172 cm³/mol. The number of halogens is 1. The number of aromatic carboxylic acids is 1. The van der Waals surface area contributed by atoms with Gasteiger partial charge >= 0.3 is 5.97 Å². The molecule has 0 aliphatic carbocycles. The molecule has 0 atom stereocenters. The highest BCUT2D eigenvalue weighted by atomic mass is 35.5. The lowest BCUT2D eigenvalue weighted by atomic mass is 9.98. The zero-order chi connectivity index (χ0) is 30.3. The van der Waals surface area contributed by atoms with E-state index in [0.29, 0.717) is 37.0 Å². The molecule has 0 radical (unpaired) electrons. The Balaban J connectivity index is 1.43. The van der Waals surface area contributed by atoms with Gasteiger partial charge in [0, 0.05) is 40.4 Å². The van der Waals surface area contributed by atoms with Gasteiger partial charge in [0.1, 0.15) is 5.75 Å². The smallest absolute Gasteiger partial charge is 0.335 e. The molecule has 6 nitrogen and oxygen atoms in total. The fourth-order valence-corrected chi connectivity index (χ4v) is 5.78. The molecule has 0 saturated carbocycles. The van der Waals surface area contributed by atoms with E-state index in [1.807, 2.05) is 36.4 Å². The maximum absolute atomic E-state index is 11.3. The molecule has 7 heteroatoms. The van der Waals surface area contributed by atoms with Crippen LogP contribution < -0.4 is 4.74 Å². The van der Waals surface area contributed by atoms with Crippen molar-refractivity contribution in [3.8, 4) is 5.75 Å². The van der Waals surface area contributed by atoms with E-state index in [0.717, 1.165) is 38.9 Å². The lowest BCUT2D eigenvalue weighted by Crippen LogP contribution is -2.17. The van der Waals surface area contributed by atoms with Crippen LogP contribution in [0.4, 0.5) is 0 Å². The van der Waals surface area contributed by atoms with Crippen LogP contribution >= 0.6 is 11.6 Å². The van der Waals surface area contributed by atoms with Crippen LogP contribution in [-0.4, -0.2) is 27.2 Å². The zero-order valence-electron chi connectivity index (χ0n) is 24.0. The summed E-state index contributed by atoms with van der Waals surface area (Å²) in [6, 6.07) is 37.3. The normalized spacial score (nSPS) is 11.2. The highest BCUT2D eigenvalue weighted by Crippen LogP contribution is 2.38. The number of rotatable bonds is 12. The number of carboxylic acid groups (broad SMARTS) is 1. The van der Waals surface area contributed by atoms with E-state index in [2.05, 4.69) is 64.1 Å². The fourth-order valence-electron chi connectivity index (χ4n) is 5.61. The number of carbonyl (C=O) groups is 1. The van der Waals surface area contributed by atoms with Crippen molar-refractivity contribution in [1.29, 1.82) is 0 Å². The quantitative estimate of drug-likeness (QED) is 0.152. The highest BCUT2D eigenvalue weighted by Gasteiger charge is 2.26. The first-order valence-corrected chi connectivity index (χ1v) is 14.8. The standard InChI is InChI=1S/C37H31ClN2O4/c38-30-13-16-34-33(23-30)32(19-22-44-31-14-11-29(12-15-31)37(41)42)35(25-43-24-26-17-20-39-21-18-26)40(34)36(27-7-3-1-4-8-27)28-9-5-2-6-10-28/h1-18,20-21,23,36H,19,22,24-25H2,(H,41,42). The molecule has 44 heavy (non-hydrogen) atoms. The van der Waals surface area contributed by atoms with Gasteiger partial charge in [-0.1, -0.05) is 72.3 Å². The van der Waals surface area contributed by atoms with Gasteiger partial charge in [0.05, 0.1) is 31.4 Å². The van der Waals surface area contributed by atoms with Crippen molar-refractivity contribution in [2.75, 3.05) is 6.61 Å². The summed E-state index contributed by atoms with van der Waals surface area (Å²) in [4.78, 5) is 15.4. The Kier molecular flexibility index (Phi) is 9.01. The molecule has 0 saturated heterocycles. The first-order chi connectivity index (χ1) is 21.6. The van der Waals surface area contributed by atoms with E-state index in [-0.39, 0.29) is 11.6 Å². The van der Waals surface area contributed by atoms with Gasteiger partial charge in [0.15, 0.2) is 0 Å². The molecule has 6 aromatic rings. The molecule has 6 rings (SSSR count). The Bertz CT molecular complexity index is 1800. The summed E-state index contributed by atoms with van der Waals surface area (Å²) in [5, 5.41) is 10.9. The van der Waals surface area contributed by atoms with Crippen LogP contribution in [0.3, 0.4) is 0 Å². The third-order valence-electron chi connectivity index (χ3n) is 7.65. The van der Waals surface area contributed by atoms with Crippen molar-refractivity contribution in [2.24, 2.45) is 0 Å². The van der Waals surface area contributed by atoms with E-state index in [1.165, 1.54) is 0 Å². The summed E-state index contributed by atoms with van der Waals surface area (Å²) in [5.74, 6) is -0.359. The summed E-state index contributed by atoms with van der Waals surface area (Å²) < 4.78 is 14.9. The van der Waals surface area contributed by atoms with Gasteiger partial charge in [-0.15, -0.1) is 0 Å². The molecular weight excluding hydrogens is 572 g/mol. The van der Waals surface area contributed by atoms with Crippen LogP contribution in [0.25, 0.3) is 10.9 Å². The lowest BCUT2D eigenvalue weighted by molar-refractivity contribution is 0.0697. The number of aromatic nitrogens is 2. The number of nitrogens with zero attached hydrogens (tertiary/aromatic N) is 2. The molecule has 1 N–H and O–H groups in total. The number of pyridine rings is 1. The van der Waals surface area contributed by atoms with E-state index < -0.39 is 5.97 Å². The predicted octanol–water partition coefficient (Wildman–Crippen LogP) is 8.36. The van der Waals surface area contributed by atoms with Gasteiger partial charge in [0.2, 0.25) is 0 Å². The Hall–Kier alpha value is -4.91. The van der Waals surface area contributed by atoms with E-state index in [4.69, 9.17) is 21.1 Å². The minimum absolute atomic E-state index is 0.112.